The average molecular weight is 448 g/mol. The van der Waals surface area contributed by atoms with E-state index < -0.39 is 48.0 Å². The summed E-state index contributed by atoms with van der Waals surface area (Å²) in [6.45, 7) is 2.18. The molecule has 3 aliphatic heterocycles. The van der Waals surface area contributed by atoms with Crippen molar-refractivity contribution < 1.29 is 38.1 Å². The summed E-state index contributed by atoms with van der Waals surface area (Å²) in [5.41, 5.74) is 0.477. The Bertz CT molecular complexity index is 850. The summed E-state index contributed by atoms with van der Waals surface area (Å²) in [6.07, 6.45) is -1.06. The number of esters is 1. The van der Waals surface area contributed by atoms with Crippen molar-refractivity contribution in [3.63, 3.8) is 0 Å². The molecule has 0 aliphatic carbocycles. The molecule has 174 valence electrons. The quantitative estimate of drug-likeness (QED) is 0.302. The fourth-order valence-electron chi connectivity index (χ4n) is 5.16. The van der Waals surface area contributed by atoms with Gasteiger partial charge in [0.05, 0.1) is 30.2 Å². The van der Waals surface area contributed by atoms with E-state index in [4.69, 9.17) is 23.7 Å². The summed E-state index contributed by atoms with van der Waals surface area (Å²) >= 11 is 0. The van der Waals surface area contributed by atoms with Gasteiger partial charge in [0.25, 0.3) is 0 Å². The van der Waals surface area contributed by atoms with Gasteiger partial charge in [-0.25, -0.2) is 4.90 Å². The van der Waals surface area contributed by atoms with Crippen molar-refractivity contribution in [3.8, 4) is 0 Å². The van der Waals surface area contributed by atoms with E-state index in [1.165, 1.54) is 19.1 Å². The summed E-state index contributed by atoms with van der Waals surface area (Å²) in [5, 5.41) is 0. The maximum atomic E-state index is 13.6. The number of carbonyl (C=O) groups excluding carboxylic acids is 3. The largest absolute Gasteiger partial charge is 0.465 e. The molecule has 0 spiro atoms. The monoisotopic (exact) mass is 448 g/mol. The number of nitrogens with zero attached hydrogens (tertiary/aromatic N) is 2. The van der Waals surface area contributed by atoms with Gasteiger partial charge >= 0.3 is 5.97 Å². The number of benzene rings is 1. The van der Waals surface area contributed by atoms with Crippen LogP contribution in [0.5, 0.6) is 0 Å². The Morgan fingerprint density at radius 1 is 1.00 bits per heavy atom. The SMILES string of the molecule is CCOC(=O)[C@@H]1[C@H]2C(=O)N(c3ccccc3)C(=O)[C@H]2[C@H]2[C@H](OCOC)[C@@H](OCOC)CN21. The lowest BCUT2D eigenvalue weighted by Gasteiger charge is -2.28. The minimum absolute atomic E-state index is 0.0200. The van der Waals surface area contributed by atoms with Crippen LogP contribution in [0.3, 0.4) is 0 Å². The van der Waals surface area contributed by atoms with E-state index in [0.29, 0.717) is 12.2 Å². The summed E-state index contributed by atoms with van der Waals surface area (Å²) in [7, 11) is 3.01. The number of methoxy groups -OCH3 is 2. The standard InChI is InChI=1S/C22H28N2O8/c1-4-30-22(27)18-16-15(20(25)24(21(16)26)13-8-6-5-7-9-13)17-19(32-12-29-3)14(10-23(17)18)31-11-28-2/h5-9,14-19H,4,10-12H2,1-3H3/t14-,15+,16-,17-,18-,19+/m0/s1. The molecule has 3 aliphatic rings. The predicted molar refractivity (Wildman–Crippen MR) is 110 cm³/mol. The lowest BCUT2D eigenvalue weighted by atomic mass is 9.86. The molecule has 3 fully saturated rings. The molecule has 3 heterocycles. The van der Waals surface area contributed by atoms with Crippen molar-refractivity contribution in [3.05, 3.63) is 30.3 Å². The van der Waals surface area contributed by atoms with Gasteiger partial charge < -0.3 is 23.7 Å². The first-order valence-electron chi connectivity index (χ1n) is 10.6. The smallest absolute Gasteiger partial charge is 0.324 e. The minimum atomic E-state index is -0.903. The zero-order valence-corrected chi connectivity index (χ0v) is 18.3. The highest BCUT2D eigenvalue weighted by atomic mass is 16.7. The first kappa shape index (κ1) is 22.8. The number of amides is 2. The van der Waals surface area contributed by atoms with Crippen LogP contribution in [-0.4, -0.2) is 87.9 Å². The molecule has 4 rings (SSSR count). The molecule has 2 amide bonds. The van der Waals surface area contributed by atoms with E-state index in [0.717, 1.165) is 0 Å². The molecule has 0 radical (unpaired) electrons. The molecule has 32 heavy (non-hydrogen) atoms. The van der Waals surface area contributed by atoms with Crippen LogP contribution in [0.25, 0.3) is 0 Å². The topological polar surface area (TPSA) is 104 Å². The molecule has 3 saturated heterocycles. The number of imide groups is 1. The van der Waals surface area contributed by atoms with Gasteiger partial charge in [-0.05, 0) is 19.1 Å². The average Bonchev–Trinajstić information content (AvgIpc) is 3.38. The summed E-state index contributed by atoms with van der Waals surface area (Å²) in [6, 6.07) is 7.28. The van der Waals surface area contributed by atoms with Crippen molar-refractivity contribution in [1.29, 1.82) is 0 Å². The van der Waals surface area contributed by atoms with Gasteiger partial charge in [0.2, 0.25) is 11.8 Å². The number of rotatable bonds is 9. The highest BCUT2D eigenvalue weighted by molar-refractivity contribution is 6.23. The third-order valence-electron chi connectivity index (χ3n) is 6.26. The summed E-state index contributed by atoms with van der Waals surface area (Å²) < 4.78 is 27.2. The molecule has 0 saturated carbocycles. The Hall–Kier alpha value is -2.37. The van der Waals surface area contributed by atoms with E-state index in [2.05, 4.69) is 0 Å². The zero-order chi connectivity index (χ0) is 22.8. The molecule has 0 unspecified atom stereocenters. The molecular formula is C22H28N2O8. The molecular weight excluding hydrogens is 420 g/mol. The summed E-state index contributed by atoms with van der Waals surface area (Å²) in [5.74, 6) is -2.91. The van der Waals surface area contributed by atoms with Gasteiger partial charge in [0, 0.05) is 20.8 Å². The van der Waals surface area contributed by atoms with E-state index in [9.17, 15) is 14.4 Å². The van der Waals surface area contributed by atoms with Crippen LogP contribution in [0.1, 0.15) is 6.92 Å². The molecule has 10 nitrogen and oxygen atoms in total. The number of para-hydroxylation sites is 1. The van der Waals surface area contributed by atoms with Crippen molar-refractivity contribution in [1.82, 2.24) is 4.90 Å². The molecule has 6 atom stereocenters. The van der Waals surface area contributed by atoms with Crippen molar-refractivity contribution >= 4 is 23.5 Å². The van der Waals surface area contributed by atoms with Crippen molar-refractivity contribution in [2.24, 2.45) is 11.8 Å². The second-order valence-electron chi connectivity index (χ2n) is 7.93. The van der Waals surface area contributed by atoms with Crippen LogP contribution in [-0.2, 0) is 38.1 Å². The van der Waals surface area contributed by atoms with Crippen LogP contribution in [0.15, 0.2) is 30.3 Å². The van der Waals surface area contributed by atoms with Crippen molar-refractivity contribution in [2.45, 2.75) is 31.2 Å². The Balaban J connectivity index is 1.73. The van der Waals surface area contributed by atoms with Crippen LogP contribution < -0.4 is 4.90 Å². The van der Waals surface area contributed by atoms with E-state index in [1.807, 2.05) is 11.0 Å². The fraction of sp³-hybridized carbons (Fsp3) is 0.591. The third kappa shape index (κ3) is 3.71. The Morgan fingerprint density at radius 3 is 2.31 bits per heavy atom. The lowest BCUT2D eigenvalue weighted by molar-refractivity contribution is -0.153. The third-order valence-corrected chi connectivity index (χ3v) is 6.26. The minimum Gasteiger partial charge on any atom is -0.465 e. The number of anilines is 1. The molecule has 0 N–H and O–H groups in total. The predicted octanol–water partition coefficient (Wildman–Crippen LogP) is 0.400. The Labute approximate surface area is 186 Å². The molecule has 0 bridgehead atoms. The van der Waals surface area contributed by atoms with Gasteiger partial charge in [-0.3, -0.25) is 19.3 Å². The molecule has 0 aromatic heterocycles. The van der Waals surface area contributed by atoms with E-state index in [1.54, 1.807) is 31.2 Å². The first-order chi connectivity index (χ1) is 15.5. The van der Waals surface area contributed by atoms with Gasteiger partial charge in [0.1, 0.15) is 31.8 Å². The van der Waals surface area contributed by atoms with Crippen LogP contribution in [0.4, 0.5) is 5.69 Å². The van der Waals surface area contributed by atoms with E-state index in [-0.39, 0.29) is 26.1 Å². The van der Waals surface area contributed by atoms with Gasteiger partial charge in [0.15, 0.2) is 0 Å². The second-order valence-corrected chi connectivity index (χ2v) is 7.93. The number of ether oxygens (including phenoxy) is 5. The molecule has 10 heteroatoms. The fourth-order valence-corrected chi connectivity index (χ4v) is 5.16. The highest BCUT2D eigenvalue weighted by Crippen LogP contribution is 2.49. The number of hydrogen-bond acceptors (Lipinski definition) is 9. The molecule has 1 aromatic rings. The maximum Gasteiger partial charge on any atom is 0.324 e. The number of fused-ring (bicyclic) bond motifs is 3. The van der Waals surface area contributed by atoms with Crippen LogP contribution >= 0.6 is 0 Å². The van der Waals surface area contributed by atoms with Crippen LogP contribution in [0, 0.1) is 11.8 Å². The van der Waals surface area contributed by atoms with Crippen molar-refractivity contribution in [2.75, 3.05) is 45.9 Å². The maximum absolute atomic E-state index is 13.6. The Morgan fingerprint density at radius 2 is 1.66 bits per heavy atom. The highest BCUT2D eigenvalue weighted by Gasteiger charge is 2.69. The molecule has 1 aromatic carbocycles. The zero-order valence-electron chi connectivity index (χ0n) is 18.3. The lowest BCUT2D eigenvalue weighted by Crippen LogP contribution is -2.48. The van der Waals surface area contributed by atoms with Gasteiger partial charge in [-0.1, -0.05) is 18.2 Å². The van der Waals surface area contributed by atoms with E-state index >= 15 is 0 Å². The first-order valence-corrected chi connectivity index (χ1v) is 10.6. The van der Waals surface area contributed by atoms with Crippen LogP contribution in [0.2, 0.25) is 0 Å². The Kier molecular flexibility index (Phi) is 6.87. The van der Waals surface area contributed by atoms with Gasteiger partial charge in [-0.2, -0.15) is 0 Å². The number of hydrogen-bond donors (Lipinski definition) is 0. The number of carbonyl (C=O) groups is 3. The normalized spacial score (nSPS) is 31.8. The second kappa shape index (κ2) is 9.63. The summed E-state index contributed by atoms with van der Waals surface area (Å²) in [4.78, 5) is 43.0. The van der Waals surface area contributed by atoms with Gasteiger partial charge in [-0.15, -0.1) is 0 Å².